The summed E-state index contributed by atoms with van der Waals surface area (Å²) in [6.07, 6.45) is 5.35. The number of carbonyl (C=O) groups excluding carboxylic acids is 1. The summed E-state index contributed by atoms with van der Waals surface area (Å²) < 4.78 is 26.3. The minimum Gasteiger partial charge on any atom is -0.351 e. The molecule has 1 amide bonds. The van der Waals surface area contributed by atoms with Gasteiger partial charge in [0.1, 0.15) is 11.6 Å². The predicted molar refractivity (Wildman–Crippen MR) is 74.9 cm³/mol. The van der Waals surface area contributed by atoms with Gasteiger partial charge < -0.3 is 5.32 Å². The van der Waals surface area contributed by atoms with Crippen molar-refractivity contribution >= 4 is 17.5 Å². The maximum absolute atomic E-state index is 13.5. The lowest BCUT2D eigenvalue weighted by Crippen LogP contribution is -2.40. The number of nitrogens with one attached hydrogen (secondary N) is 1. The van der Waals surface area contributed by atoms with Crippen molar-refractivity contribution in [1.29, 1.82) is 0 Å². The highest BCUT2D eigenvalue weighted by Crippen LogP contribution is 2.36. The molecule has 1 saturated carbocycles. The number of hydrogen-bond acceptors (Lipinski definition) is 1. The standard InChI is InChI=1S/C15H18ClF2NO/c16-9-15(6-2-1-3-7-15)10-19-14(20)12-5-4-11(17)8-13(12)18/h4-5,8H,1-3,6-7,9-10H2,(H,19,20). The van der Waals surface area contributed by atoms with Crippen molar-refractivity contribution in [3.8, 4) is 0 Å². The molecule has 20 heavy (non-hydrogen) atoms. The third kappa shape index (κ3) is 3.48. The molecule has 0 aromatic heterocycles. The maximum atomic E-state index is 13.5. The summed E-state index contributed by atoms with van der Waals surface area (Å²) in [7, 11) is 0. The van der Waals surface area contributed by atoms with Gasteiger partial charge in [-0.3, -0.25) is 4.79 Å². The quantitative estimate of drug-likeness (QED) is 0.840. The van der Waals surface area contributed by atoms with E-state index in [4.69, 9.17) is 11.6 Å². The molecule has 0 atom stereocenters. The van der Waals surface area contributed by atoms with Gasteiger partial charge in [0.25, 0.3) is 5.91 Å². The molecule has 1 aromatic rings. The molecule has 0 unspecified atom stereocenters. The van der Waals surface area contributed by atoms with Crippen LogP contribution in [-0.4, -0.2) is 18.3 Å². The second kappa shape index (κ2) is 6.53. The Hall–Kier alpha value is -1.16. The van der Waals surface area contributed by atoms with E-state index in [1.165, 1.54) is 6.42 Å². The van der Waals surface area contributed by atoms with Crippen LogP contribution in [0.25, 0.3) is 0 Å². The maximum Gasteiger partial charge on any atom is 0.254 e. The Kier molecular flexibility index (Phi) is 4.97. The first-order valence-electron chi connectivity index (χ1n) is 6.86. The summed E-state index contributed by atoms with van der Waals surface area (Å²) in [5, 5.41) is 2.73. The van der Waals surface area contributed by atoms with Crippen molar-refractivity contribution in [3.63, 3.8) is 0 Å². The van der Waals surface area contributed by atoms with Crippen LogP contribution in [-0.2, 0) is 0 Å². The molecule has 0 radical (unpaired) electrons. The van der Waals surface area contributed by atoms with Crippen LogP contribution in [0, 0.1) is 17.0 Å². The summed E-state index contributed by atoms with van der Waals surface area (Å²) in [5.41, 5.74) is -0.224. The first-order valence-corrected chi connectivity index (χ1v) is 7.39. The lowest BCUT2D eigenvalue weighted by molar-refractivity contribution is 0.0916. The van der Waals surface area contributed by atoms with E-state index < -0.39 is 17.5 Å². The van der Waals surface area contributed by atoms with E-state index >= 15 is 0 Å². The highest BCUT2D eigenvalue weighted by Gasteiger charge is 2.31. The SMILES string of the molecule is O=C(NCC1(CCl)CCCCC1)c1ccc(F)cc1F. The lowest BCUT2D eigenvalue weighted by atomic mass is 9.75. The van der Waals surface area contributed by atoms with E-state index in [-0.39, 0.29) is 11.0 Å². The van der Waals surface area contributed by atoms with Gasteiger partial charge in [-0.2, -0.15) is 0 Å². The van der Waals surface area contributed by atoms with Crippen LogP contribution in [0.2, 0.25) is 0 Å². The molecule has 0 saturated heterocycles. The molecule has 0 bridgehead atoms. The molecule has 5 heteroatoms. The molecule has 0 aliphatic heterocycles. The van der Waals surface area contributed by atoms with Crippen LogP contribution in [0.3, 0.4) is 0 Å². The zero-order chi connectivity index (χ0) is 14.6. The molecule has 1 aliphatic rings. The van der Waals surface area contributed by atoms with Crippen molar-refractivity contribution < 1.29 is 13.6 Å². The highest BCUT2D eigenvalue weighted by molar-refractivity contribution is 6.18. The van der Waals surface area contributed by atoms with Gasteiger partial charge in [0.15, 0.2) is 0 Å². The van der Waals surface area contributed by atoms with Crippen LogP contribution in [0.1, 0.15) is 42.5 Å². The average Bonchev–Trinajstić information content (AvgIpc) is 2.46. The monoisotopic (exact) mass is 301 g/mol. The summed E-state index contributed by atoms with van der Waals surface area (Å²) in [6.45, 7) is 0.437. The molecule has 1 aromatic carbocycles. The predicted octanol–water partition coefficient (Wildman–Crippen LogP) is 3.88. The van der Waals surface area contributed by atoms with Crippen LogP contribution in [0.5, 0.6) is 0 Å². The molecule has 0 heterocycles. The van der Waals surface area contributed by atoms with E-state index in [1.807, 2.05) is 0 Å². The molecule has 1 aliphatic carbocycles. The fourth-order valence-electron chi connectivity index (χ4n) is 2.70. The Bertz CT molecular complexity index is 487. The Morgan fingerprint density at radius 2 is 1.95 bits per heavy atom. The van der Waals surface area contributed by atoms with E-state index in [0.29, 0.717) is 18.5 Å². The number of carbonyl (C=O) groups is 1. The van der Waals surface area contributed by atoms with Gasteiger partial charge in [-0.15, -0.1) is 11.6 Å². The fourth-order valence-corrected chi connectivity index (χ4v) is 3.06. The van der Waals surface area contributed by atoms with E-state index in [2.05, 4.69) is 5.32 Å². The first kappa shape index (κ1) is 15.2. The Balaban J connectivity index is 2.00. The molecular weight excluding hydrogens is 284 g/mol. The smallest absolute Gasteiger partial charge is 0.254 e. The molecule has 2 nitrogen and oxygen atoms in total. The van der Waals surface area contributed by atoms with Crippen LogP contribution >= 0.6 is 11.6 Å². The second-order valence-corrected chi connectivity index (χ2v) is 5.77. The highest BCUT2D eigenvalue weighted by atomic mass is 35.5. The topological polar surface area (TPSA) is 29.1 Å². The Morgan fingerprint density at radius 3 is 2.55 bits per heavy atom. The number of halogens is 3. The Morgan fingerprint density at radius 1 is 1.25 bits per heavy atom. The van der Waals surface area contributed by atoms with Gasteiger partial charge in [-0.1, -0.05) is 19.3 Å². The van der Waals surface area contributed by atoms with Gasteiger partial charge in [-0.25, -0.2) is 8.78 Å². The van der Waals surface area contributed by atoms with Crippen LogP contribution in [0.15, 0.2) is 18.2 Å². The first-order chi connectivity index (χ1) is 9.56. The Labute approximate surface area is 122 Å². The zero-order valence-corrected chi connectivity index (χ0v) is 12.0. The summed E-state index contributed by atoms with van der Waals surface area (Å²) in [6, 6.07) is 2.96. The summed E-state index contributed by atoms with van der Waals surface area (Å²) in [5.74, 6) is -1.56. The minimum absolute atomic E-state index is 0.0913. The third-order valence-corrected chi connectivity index (χ3v) is 4.56. The number of amides is 1. The van der Waals surface area contributed by atoms with Crippen molar-refractivity contribution in [2.75, 3.05) is 12.4 Å². The van der Waals surface area contributed by atoms with E-state index in [0.717, 1.165) is 37.8 Å². The number of hydrogen-bond donors (Lipinski definition) is 1. The number of benzene rings is 1. The van der Waals surface area contributed by atoms with Crippen LogP contribution in [0.4, 0.5) is 8.78 Å². The lowest BCUT2D eigenvalue weighted by Gasteiger charge is -2.35. The third-order valence-electron chi connectivity index (χ3n) is 4.00. The fraction of sp³-hybridized carbons (Fsp3) is 0.533. The zero-order valence-electron chi connectivity index (χ0n) is 11.2. The van der Waals surface area contributed by atoms with Crippen LogP contribution < -0.4 is 5.32 Å². The van der Waals surface area contributed by atoms with E-state index in [1.54, 1.807) is 0 Å². The normalized spacial score (nSPS) is 17.8. The van der Waals surface area contributed by atoms with Crippen molar-refractivity contribution in [2.45, 2.75) is 32.1 Å². The van der Waals surface area contributed by atoms with Gasteiger partial charge in [0.05, 0.1) is 5.56 Å². The molecule has 0 spiro atoms. The molecule has 2 rings (SSSR count). The number of alkyl halides is 1. The molecule has 1 fully saturated rings. The minimum atomic E-state index is -0.842. The van der Waals surface area contributed by atoms with Gasteiger partial charge in [0.2, 0.25) is 0 Å². The van der Waals surface area contributed by atoms with E-state index in [9.17, 15) is 13.6 Å². The van der Waals surface area contributed by atoms with Crippen molar-refractivity contribution in [1.82, 2.24) is 5.32 Å². The molecular formula is C15H18ClF2NO. The second-order valence-electron chi connectivity index (χ2n) is 5.50. The number of rotatable bonds is 4. The molecule has 1 N–H and O–H groups in total. The van der Waals surface area contributed by atoms with Gasteiger partial charge >= 0.3 is 0 Å². The van der Waals surface area contributed by atoms with Gasteiger partial charge in [0, 0.05) is 23.9 Å². The summed E-state index contributed by atoms with van der Waals surface area (Å²) >= 11 is 6.04. The molecule has 110 valence electrons. The largest absolute Gasteiger partial charge is 0.351 e. The van der Waals surface area contributed by atoms with Crippen molar-refractivity contribution in [3.05, 3.63) is 35.4 Å². The average molecular weight is 302 g/mol. The van der Waals surface area contributed by atoms with Crippen molar-refractivity contribution in [2.24, 2.45) is 5.41 Å². The summed E-state index contributed by atoms with van der Waals surface area (Å²) in [4.78, 5) is 12.0. The van der Waals surface area contributed by atoms with Gasteiger partial charge in [-0.05, 0) is 25.0 Å².